The number of aromatic nitrogens is 1. The Morgan fingerprint density at radius 2 is 1.88 bits per heavy atom. The molecule has 1 saturated heterocycles. The van der Waals surface area contributed by atoms with Crippen LogP contribution in [0.1, 0.15) is 28.7 Å². The number of hydrogen-bond acceptors (Lipinski definition) is 7. The summed E-state index contributed by atoms with van der Waals surface area (Å²) in [5.74, 6) is 0.849. The first-order valence-corrected chi connectivity index (χ1v) is 11.8. The van der Waals surface area contributed by atoms with Gasteiger partial charge in [-0.1, -0.05) is 0 Å². The molecule has 0 saturated carbocycles. The van der Waals surface area contributed by atoms with Gasteiger partial charge in [-0.05, 0) is 44.5 Å². The third-order valence-corrected chi connectivity index (χ3v) is 6.47. The van der Waals surface area contributed by atoms with E-state index < -0.39 is 0 Å². The van der Waals surface area contributed by atoms with E-state index in [9.17, 15) is 9.59 Å². The van der Waals surface area contributed by atoms with Crippen molar-refractivity contribution in [3.63, 3.8) is 0 Å². The molecule has 0 aliphatic carbocycles. The molecule has 1 N–H and O–H groups in total. The first kappa shape index (κ1) is 24.2. The summed E-state index contributed by atoms with van der Waals surface area (Å²) >= 11 is 1.43. The van der Waals surface area contributed by atoms with Crippen molar-refractivity contribution in [1.82, 2.24) is 20.1 Å². The summed E-state index contributed by atoms with van der Waals surface area (Å²) in [5.41, 5.74) is 1.73. The minimum absolute atomic E-state index is 0.0131. The van der Waals surface area contributed by atoms with Gasteiger partial charge in [-0.2, -0.15) is 0 Å². The molecule has 1 aromatic carbocycles. The minimum atomic E-state index is 0.0131. The maximum Gasteiger partial charge on any atom is 0.265 e. The van der Waals surface area contributed by atoms with Crippen molar-refractivity contribution in [2.75, 3.05) is 59.6 Å². The third-order valence-electron chi connectivity index (χ3n) is 5.28. The topological polar surface area (TPSA) is 84.0 Å². The Labute approximate surface area is 193 Å². The summed E-state index contributed by atoms with van der Waals surface area (Å²) in [5, 5.41) is 3.74. The molecule has 0 atom stereocenters. The second-order valence-corrected chi connectivity index (χ2v) is 8.65. The van der Waals surface area contributed by atoms with Gasteiger partial charge in [0.15, 0.2) is 0 Å². The molecule has 2 amide bonds. The molecule has 0 bridgehead atoms. The van der Waals surface area contributed by atoms with E-state index in [2.05, 4.69) is 15.2 Å². The van der Waals surface area contributed by atoms with Gasteiger partial charge in [0.2, 0.25) is 5.91 Å². The van der Waals surface area contributed by atoms with Gasteiger partial charge in [0.1, 0.15) is 15.6 Å². The number of rotatable bonds is 10. The van der Waals surface area contributed by atoms with E-state index in [1.165, 1.54) is 11.3 Å². The molecule has 0 unspecified atom stereocenters. The van der Waals surface area contributed by atoms with Gasteiger partial charge in [0, 0.05) is 52.0 Å². The lowest BCUT2D eigenvalue weighted by molar-refractivity contribution is -0.122. The minimum Gasteiger partial charge on any atom is -0.494 e. The highest BCUT2D eigenvalue weighted by Crippen LogP contribution is 2.30. The fraction of sp³-hybridized carbons (Fsp3) is 0.522. The van der Waals surface area contributed by atoms with E-state index in [-0.39, 0.29) is 11.8 Å². The van der Waals surface area contributed by atoms with Crippen LogP contribution in [0.3, 0.4) is 0 Å². The number of thiazole rings is 1. The Hall–Kier alpha value is -2.49. The van der Waals surface area contributed by atoms with E-state index >= 15 is 0 Å². The smallest absolute Gasteiger partial charge is 0.265 e. The van der Waals surface area contributed by atoms with Crippen molar-refractivity contribution in [2.24, 2.45) is 0 Å². The lowest BCUT2D eigenvalue weighted by atomic mass is 10.2. The molecule has 3 rings (SSSR count). The number of aryl methyl sites for hydroxylation is 1. The van der Waals surface area contributed by atoms with Crippen LogP contribution >= 0.6 is 11.3 Å². The van der Waals surface area contributed by atoms with Crippen molar-refractivity contribution in [2.45, 2.75) is 20.3 Å². The van der Waals surface area contributed by atoms with E-state index in [0.717, 1.165) is 28.4 Å². The molecule has 32 heavy (non-hydrogen) atoms. The summed E-state index contributed by atoms with van der Waals surface area (Å²) in [6.07, 6.45) is 0.803. The zero-order chi connectivity index (χ0) is 22.9. The lowest BCUT2D eigenvalue weighted by Crippen LogP contribution is -2.51. The summed E-state index contributed by atoms with van der Waals surface area (Å²) in [6, 6.07) is 7.78. The number of carbonyl (C=O) groups excluding carboxylic acids is 2. The van der Waals surface area contributed by atoms with E-state index in [4.69, 9.17) is 9.47 Å². The number of amides is 2. The summed E-state index contributed by atoms with van der Waals surface area (Å²) < 4.78 is 10.5. The third kappa shape index (κ3) is 6.51. The van der Waals surface area contributed by atoms with E-state index in [1.807, 2.05) is 43.0 Å². The van der Waals surface area contributed by atoms with Crippen molar-refractivity contribution >= 4 is 23.2 Å². The number of nitrogens with one attached hydrogen (secondary N) is 1. The number of methoxy groups -OCH3 is 1. The van der Waals surface area contributed by atoms with Crippen LogP contribution in [0.5, 0.6) is 5.75 Å². The molecule has 0 spiro atoms. The predicted octanol–water partition coefficient (Wildman–Crippen LogP) is 2.43. The molecule has 1 aromatic heterocycles. The number of hydrogen-bond donors (Lipinski definition) is 1. The lowest BCUT2D eigenvalue weighted by Gasteiger charge is -2.34. The normalized spacial score (nSPS) is 14.4. The maximum atomic E-state index is 13.1. The van der Waals surface area contributed by atoms with Crippen molar-refractivity contribution < 1.29 is 19.1 Å². The van der Waals surface area contributed by atoms with Gasteiger partial charge in [-0.15, -0.1) is 11.3 Å². The zero-order valence-corrected chi connectivity index (χ0v) is 19.9. The summed E-state index contributed by atoms with van der Waals surface area (Å²) in [7, 11) is 1.65. The summed E-state index contributed by atoms with van der Waals surface area (Å²) in [6.45, 7) is 8.64. The number of piperazine rings is 1. The van der Waals surface area contributed by atoms with Gasteiger partial charge >= 0.3 is 0 Å². The van der Waals surface area contributed by atoms with Crippen LogP contribution in [0, 0.1) is 6.92 Å². The second-order valence-electron chi connectivity index (χ2n) is 7.66. The predicted molar refractivity (Wildman–Crippen MR) is 125 cm³/mol. The Bertz CT molecular complexity index is 892. The molecule has 0 radical (unpaired) electrons. The van der Waals surface area contributed by atoms with E-state index in [0.29, 0.717) is 57.4 Å². The molecule has 1 aliphatic rings. The van der Waals surface area contributed by atoms with Crippen molar-refractivity contribution in [3.8, 4) is 16.3 Å². The largest absolute Gasteiger partial charge is 0.494 e. The van der Waals surface area contributed by atoms with Crippen LogP contribution in [-0.4, -0.2) is 86.2 Å². The Morgan fingerprint density at radius 3 is 2.53 bits per heavy atom. The van der Waals surface area contributed by atoms with Gasteiger partial charge in [-0.25, -0.2) is 4.98 Å². The second kappa shape index (κ2) is 11.9. The van der Waals surface area contributed by atoms with Crippen LogP contribution < -0.4 is 10.1 Å². The molecule has 2 aromatic rings. The summed E-state index contributed by atoms with van der Waals surface area (Å²) in [4.78, 5) is 34.4. The number of carbonyl (C=O) groups is 2. The maximum absolute atomic E-state index is 13.1. The van der Waals surface area contributed by atoms with Gasteiger partial charge in [0.25, 0.3) is 5.91 Å². The fourth-order valence-electron chi connectivity index (χ4n) is 3.53. The number of ether oxygens (including phenoxy) is 2. The molecule has 1 fully saturated rings. The van der Waals surface area contributed by atoms with Crippen molar-refractivity contribution in [1.29, 1.82) is 0 Å². The Kier molecular flexibility index (Phi) is 9.01. The number of nitrogens with zero attached hydrogens (tertiary/aromatic N) is 3. The monoisotopic (exact) mass is 460 g/mol. The average Bonchev–Trinajstić information content (AvgIpc) is 3.19. The first-order chi connectivity index (χ1) is 15.5. The molecular formula is C23H32N4O4S. The highest BCUT2D eigenvalue weighted by Gasteiger charge is 2.26. The SMILES string of the molecule is CCOc1ccc(-c2nc(C)c(C(=O)N3CCN(CC(=O)NCCCOC)CC3)s2)cc1. The molecule has 1 aliphatic heterocycles. The zero-order valence-electron chi connectivity index (χ0n) is 19.1. The average molecular weight is 461 g/mol. The first-order valence-electron chi connectivity index (χ1n) is 11.0. The van der Waals surface area contributed by atoms with Gasteiger partial charge in [0.05, 0.1) is 18.8 Å². The molecule has 174 valence electrons. The van der Waals surface area contributed by atoms with Crippen LogP contribution in [0.15, 0.2) is 24.3 Å². The highest BCUT2D eigenvalue weighted by molar-refractivity contribution is 7.17. The van der Waals surface area contributed by atoms with Gasteiger partial charge in [-0.3, -0.25) is 14.5 Å². The molecule has 9 heteroatoms. The molecule has 8 nitrogen and oxygen atoms in total. The Morgan fingerprint density at radius 1 is 1.16 bits per heavy atom. The number of benzene rings is 1. The fourth-order valence-corrected chi connectivity index (χ4v) is 4.57. The quantitative estimate of drug-likeness (QED) is 0.549. The highest BCUT2D eigenvalue weighted by atomic mass is 32.1. The Balaban J connectivity index is 1.52. The van der Waals surface area contributed by atoms with Crippen LogP contribution in [-0.2, 0) is 9.53 Å². The molecular weight excluding hydrogens is 428 g/mol. The van der Waals surface area contributed by atoms with Crippen LogP contribution in [0.2, 0.25) is 0 Å². The molecule has 2 heterocycles. The van der Waals surface area contributed by atoms with Gasteiger partial charge < -0.3 is 19.7 Å². The van der Waals surface area contributed by atoms with Crippen LogP contribution in [0.25, 0.3) is 10.6 Å². The standard InChI is InChI=1S/C23H32N4O4S/c1-4-31-19-8-6-18(7-9-19)22-25-17(2)21(32-22)23(29)27-13-11-26(12-14-27)16-20(28)24-10-5-15-30-3/h6-9H,4-5,10-16H2,1-3H3,(H,24,28). The van der Waals surface area contributed by atoms with Crippen LogP contribution in [0.4, 0.5) is 0 Å². The van der Waals surface area contributed by atoms with E-state index in [1.54, 1.807) is 7.11 Å². The van der Waals surface area contributed by atoms with Crippen molar-refractivity contribution in [3.05, 3.63) is 34.8 Å².